The minimum absolute atomic E-state index is 0.0478. The standard InChI is InChI=1S/C26H28N10O3S/c1-27-14-20-30-18(15-40-20)22-23-21(19(39-2)13-29-22)17(12-28-23)24(37)25(38)34-8-10-35(11-9-34)26-31-32-33-36(26)16-6-4-3-5-7-16/h3-6,12-13,15-16,27-28H,7-11,14H2,1-2H3. The first-order chi connectivity index (χ1) is 19.6. The van der Waals surface area contributed by atoms with Gasteiger partial charge in [0.05, 0.1) is 35.8 Å². The summed E-state index contributed by atoms with van der Waals surface area (Å²) < 4.78 is 7.33. The maximum absolute atomic E-state index is 13.5. The Hall–Kier alpha value is -4.43. The number of tetrazole rings is 1. The zero-order valence-electron chi connectivity index (χ0n) is 22.1. The highest BCUT2D eigenvalue weighted by atomic mass is 32.1. The van der Waals surface area contributed by atoms with E-state index < -0.39 is 11.7 Å². The number of ether oxygens (including phenoxy) is 1. The number of pyridine rings is 1. The molecule has 40 heavy (non-hydrogen) atoms. The van der Waals surface area contributed by atoms with Crippen molar-refractivity contribution in [3.8, 4) is 17.1 Å². The number of thiazole rings is 1. The van der Waals surface area contributed by atoms with Crippen LogP contribution in [0.25, 0.3) is 22.3 Å². The molecule has 0 radical (unpaired) electrons. The Labute approximate surface area is 233 Å². The van der Waals surface area contributed by atoms with Gasteiger partial charge in [-0.15, -0.1) is 11.3 Å². The van der Waals surface area contributed by atoms with Gasteiger partial charge in [0.1, 0.15) is 22.1 Å². The highest BCUT2D eigenvalue weighted by Gasteiger charge is 2.32. The zero-order valence-corrected chi connectivity index (χ0v) is 22.9. The molecule has 1 unspecified atom stereocenters. The number of methoxy groups -OCH3 is 1. The summed E-state index contributed by atoms with van der Waals surface area (Å²) in [6, 6.07) is 0.0478. The van der Waals surface area contributed by atoms with Gasteiger partial charge in [0.15, 0.2) is 0 Å². The number of hydrogen-bond donors (Lipinski definition) is 2. The Bertz CT molecular complexity index is 1610. The van der Waals surface area contributed by atoms with Crippen LogP contribution in [0.3, 0.4) is 0 Å². The SMILES string of the molecule is CNCc1nc(-c2ncc(OC)c3c(C(=O)C(=O)N4CCN(c5nnnn5C5C=CC=CC5)CC4)c[nH]c23)cs1. The fourth-order valence-corrected chi connectivity index (χ4v) is 5.82. The van der Waals surface area contributed by atoms with Crippen LogP contribution < -0.4 is 15.0 Å². The molecule has 1 atom stereocenters. The van der Waals surface area contributed by atoms with Crippen molar-refractivity contribution in [1.29, 1.82) is 0 Å². The highest BCUT2D eigenvalue weighted by molar-refractivity contribution is 7.09. The molecule has 14 heteroatoms. The molecule has 4 aromatic rings. The molecule has 1 aliphatic carbocycles. The number of H-pyrrole nitrogens is 1. The highest BCUT2D eigenvalue weighted by Crippen LogP contribution is 2.35. The predicted molar refractivity (Wildman–Crippen MR) is 149 cm³/mol. The van der Waals surface area contributed by atoms with E-state index in [9.17, 15) is 9.59 Å². The van der Waals surface area contributed by atoms with Gasteiger partial charge in [-0.3, -0.25) is 9.59 Å². The van der Waals surface area contributed by atoms with Gasteiger partial charge in [-0.25, -0.2) is 14.6 Å². The lowest BCUT2D eigenvalue weighted by Crippen LogP contribution is -2.51. The number of anilines is 1. The largest absolute Gasteiger partial charge is 0.494 e. The lowest BCUT2D eigenvalue weighted by atomic mass is 10.1. The number of aromatic nitrogens is 7. The summed E-state index contributed by atoms with van der Waals surface area (Å²) in [7, 11) is 3.38. The van der Waals surface area contributed by atoms with E-state index in [2.05, 4.69) is 47.9 Å². The van der Waals surface area contributed by atoms with Crippen molar-refractivity contribution in [3.63, 3.8) is 0 Å². The van der Waals surface area contributed by atoms with Crippen LogP contribution in [0.5, 0.6) is 5.75 Å². The smallest absolute Gasteiger partial charge is 0.295 e. The molecule has 1 amide bonds. The summed E-state index contributed by atoms with van der Waals surface area (Å²) in [5, 5.41) is 18.7. The van der Waals surface area contributed by atoms with Crippen molar-refractivity contribution in [2.24, 2.45) is 0 Å². The molecule has 2 N–H and O–H groups in total. The summed E-state index contributed by atoms with van der Waals surface area (Å²) in [5.74, 6) is -0.103. The molecule has 206 valence electrons. The number of rotatable bonds is 8. The van der Waals surface area contributed by atoms with Crippen LogP contribution in [-0.2, 0) is 11.3 Å². The fraction of sp³-hybridized carbons (Fsp3) is 0.346. The topological polar surface area (TPSA) is 147 Å². The third-order valence-corrected chi connectivity index (χ3v) is 7.90. The number of Topliss-reactive ketones (excluding diaryl/α,β-unsaturated/α-hetero) is 1. The van der Waals surface area contributed by atoms with Gasteiger partial charge in [0.2, 0.25) is 5.95 Å². The Morgan fingerprint density at radius 1 is 1.23 bits per heavy atom. The molecule has 0 saturated carbocycles. The maximum Gasteiger partial charge on any atom is 0.295 e. The second-order valence-corrected chi connectivity index (χ2v) is 10.4. The number of nitrogens with zero attached hydrogens (tertiary/aromatic N) is 8. The average molecular weight is 561 g/mol. The average Bonchev–Trinajstić information content (AvgIpc) is 3.77. The Morgan fingerprint density at radius 3 is 2.83 bits per heavy atom. The second kappa shape index (κ2) is 11.0. The summed E-state index contributed by atoms with van der Waals surface area (Å²) in [6.07, 6.45) is 12.0. The third kappa shape index (κ3) is 4.64. The lowest BCUT2D eigenvalue weighted by Gasteiger charge is -2.35. The van der Waals surface area contributed by atoms with Crippen molar-refractivity contribution < 1.29 is 14.3 Å². The van der Waals surface area contributed by atoms with Crippen molar-refractivity contribution in [2.75, 3.05) is 45.2 Å². The first-order valence-electron chi connectivity index (χ1n) is 12.9. The molecule has 6 rings (SSSR count). The lowest BCUT2D eigenvalue weighted by molar-refractivity contribution is -0.126. The summed E-state index contributed by atoms with van der Waals surface area (Å²) in [4.78, 5) is 42.9. The number of carbonyl (C=O) groups is 2. The molecule has 1 aliphatic heterocycles. The van der Waals surface area contributed by atoms with E-state index in [1.54, 1.807) is 22.0 Å². The van der Waals surface area contributed by atoms with Crippen LogP contribution >= 0.6 is 11.3 Å². The Morgan fingerprint density at radius 2 is 2.08 bits per heavy atom. The molecule has 4 aromatic heterocycles. The molecule has 2 aliphatic rings. The summed E-state index contributed by atoms with van der Waals surface area (Å²) in [6.45, 7) is 2.41. The molecule has 1 fully saturated rings. The fourth-order valence-electron chi connectivity index (χ4n) is 5.03. The Kier molecular flexibility index (Phi) is 7.09. The van der Waals surface area contributed by atoms with Crippen LogP contribution in [-0.4, -0.2) is 92.1 Å². The zero-order chi connectivity index (χ0) is 27.6. The predicted octanol–water partition coefficient (Wildman–Crippen LogP) is 1.99. The van der Waals surface area contributed by atoms with Crippen molar-refractivity contribution in [2.45, 2.75) is 19.0 Å². The van der Waals surface area contributed by atoms with Crippen LogP contribution in [0.4, 0.5) is 5.95 Å². The molecule has 0 aromatic carbocycles. The normalized spacial score (nSPS) is 17.1. The first-order valence-corrected chi connectivity index (χ1v) is 13.8. The molecule has 0 bridgehead atoms. The van der Waals surface area contributed by atoms with E-state index in [0.29, 0.717) is 66.7 Å². The molecule has 1 saturated heterocycles. The number of allylic oxidation sites excluding steroid dienone is 4. The Balaban J connectivity index is 1.20. The van der Waals surface area contributed by atoms with Crippen LogP contribution in [0.15, 0.2) is 42.1 Å². The second-order valence-electron chi connectivity index (χ2n) is 9.43. The maximum atomic E-state index is 13.5. The number of ketones is 1. The monoisotopic (exact) mass is 560 g/mol. The molecule has 13 nitrogen and oxygen atoms in total. The molecule has 5 heterocycles. The number of carbonyl (C=O) groups excluding carboxylic acids is 2. The van der Waals surface area contributed by atoms with Crippen LogP contribution in [0, 0.1) is 0 Å². The van der Waals surface area contributed by atoms with E-state index >= 15 is 0 Å². The first kappa shape index (κ1) is 25.8. The third-order valence-electron chi connectivity index (χ3n) is 7.05. The van der Waals surface area contributed by atoms with E-state index in [4.69, 9.17) is 4.74 Å². The number of fused-ring (bicyclic) bond motifs is 1. The minimum atomic E-state index is -0.603. The van der Waals surface area contributed by atoms with Crippen molar-refractivity contribution >= 4 is 39.9 Å². The molecular formula is C26H28N10O3S. The van der Waals surface area contributed by atoms with E-state index in [1.807, 2.05) is 29.5 Å². The van der Waals surface area contributed by atoms with Crippen LogP contribution in [0.2, 0.25) is 0 Å². The van der Waals surface area contributed by atoms with Gasteiger partial charge in [-0.1, -0.05) is 29.4 Å². The number of nitrogens with one attached hydrogen (secondary N) is 2. The quantitative estimate of drug-likeness (QED) is 0.242. The summed E-state index contributed by atoms with van der Waals surface area (Å²) >= 11 is 1.52. The van der Waals surface area contributed by atoms with Gasteiger partial charge in [-0.05, 0) is 23.9 Å². The minimum Gasteiger partial charge on any atom is -0.494 e. The van der Waals surface area contributed by atoms with Gasteiger partial charge in [0, 0.05) is 44.3 Å². The van der Waals surface area contributed by atoms with Gasteiger partial charge in [-0.2, -0.15) is 0 Å². The summed E-state index contributed by atoms with van der Waals surface area (Å²) in [5.41, 5.74) is 2.12. The van der Waals surface area contributed by atoms with E-state index in [-0.39, 0.29) is 11.6 Å². The molecule has 0 spiro atoms. The van der Waals surface area contributed by atoms with Crippen molar-refractivity contribution in [1.82, 2.24) is 45.4 Å². The van der Waals surface area contributed by atoms with Crippen molar-refractivity contribution in [3.05, 3.63) is 52.6 Å². The van der Waals surface area contributed by atoms with E-state index in [0.717, 1.165) is 11.4 Å². The van der Waals surface area contributed by atoms with E-state index in [1.165, 1.54) is 18.4 Å². The molecular weight excluding hydrogens is 532 g/mol. The number of aromatic amines is 1. The van der Waals surface area contributed by atoms with Gasteiger partial charge < -0.3 is 24.8 Å². The number of amides is 1. The van der Waals surface area contributed by atoms with Gasteiger partial charge in [0.25, 0.3) is 11.7 Å². The van der Waals surface area contributed by atoms with Gasteiger partial charge >= 0.3 is 0 Å². The number of hydrogen-bond acceptors (Lipinski definition) is 11. The van der Waals surface area contributed by atoms with Crippen LogP contribution in [0.1, 0.15) is 27.8 Å². The number of piperazine rings is 1.